The van der Waals surface area contributed by atoms with Crippen molar-refractivity contribution in [1.82, 2.24) is 0 Å². The molecule has 0 radical (unpaired) electrons. The molecule has 0 heterocycles. The number of aryl methyl sites for hydroxylation is 1. The first-order chi connectivity index (χ1) is 5.43. The Hall–Kier alpha value is -1.10. The van der Waals surface area contributed by atoms with E-state index in [1.54, 1.807) is 19.1 Å². The van der Waals surface area contributed by atoms with E-state index in [-0.39, 0.29) is 11.3 Å². The van der Waals surface area contributed by atoms with E-state index in [0.29, 0.717) is 5.56 Å². The first-order valence-corrected chi connectivity index (χ1v) is 3.39. The number of hydrogen-bond donors (Lipinski definition) is 4. The van der Waals surface area contributed by atoms with Gasteiger partial charge in [-0.1, -0.05) is 12.1 Å². The van der Waals surface area contributed by atoms with Gasteiger partial charge in [0.25, 0.3) is 0 Å². The molecule has 4 nitrogen and oxygen atoms in total. The number of rotatable bonds is 1. The van der Waals surface area contributed by atoms with Crippen LogP contribution in [0.3, 0.4) is 0 Å². The van der Waals surface area contributed by atoms with E-state index in [9.17, 15) is 0 Å². The minimum Gasteiger partial charge on any atom is -0.507 e. The SMILES string of the molecule is Cc1cccc(O)c1C(O)(O)O. The zero-order chi connectivity index (χ0) is 9.35. The zero-order valence-electron chi connectivity index (χ0n) is 6.52. The summed E-state index contributed by atoms with van der Waals surface area (Å²) in [7, 11) is 0. The molecule has 1 aromatic carbocycles. The second kappa shape index (κ2) is 2.75. The van der Waals surface area contributed by atoms with Gasteiger partial charge in [0, 0.05) is 0 Å². The summed E-state index contributed by atoms with van der Waals surface area (Å²) in [5.74, 6) is -3.32. The number of aromatic hydroxyl groups is 1. The molecule has 1 rings (SSSR count). The van der Waals surface area contributed by atoms with Crippen molar-refractivity contribution >= 4 is 0 Å². The molecule has 0 aromatic heterocycles. The molecular weight excluding hydrogens is 160 g/mol. The van der Waals surface area contributed by atoms with Crippen LogP contribution in [0.2, 0.25) is 0 Å². The molecule has 0 saturated heterocycles. The maximum absolute atomic E-state index is 9.15. The Morgan fingerprint density at radius 1 is 1.17 bits per heavy atom. The molecule has 0 aliphatic rings. The fraction of sp³-hybridized carbons (Fsp3) is 0.250. The monoisotopic (exact) mass is 170 g/mol. The number of phenolic OH excluding ortho intramolecular Hbond substituents is 1. The molecule has 0 atom stereocenters. The second-order valence-electron chi connectivity index (χ2n) is 2.60. The summed E-state index contributed by atoms with van der Waals surface area (Å²) >= 11 is 0. The van der Waals surface area contributed by atoms with Crippen molar-refractivity contribution in [3.63, 3.8) is 0 Å². The summed E-state index contributed by atoms with van der Waals surface area (Å²) in [6.45, 7) is 1.55. The summed E-state index contributed by atoms with van der Waals surface area (Å²) in [6, 6.07) is 4.35. The Kier molecular flexibility index (Phi) is 2.06. The van der Waals surface area contributed by atoms with Crippen LogP contribution in [0, 0.1) is 6.92 Å². The van der Waals surface area contributed by atoms with Gasteiger partial charge in [-0.05, 0) is 18.6 Å². The van der Waals surface area contributed by atoms with E-state index in [0.717, 1.165) is 0 Å². The van der Waals surface area contributed by atoms with Gasteiger partial charge < -0.3 is 20.4 Å². The van der Waals surface area contributed by atoms with Gasteiger partial charge in [0.2, 0.25) is 0 Å². The quantitative estimate of drug-likeness (QED) is 0.439. The van der Waals surface area contributed by atoms with Gasteiger partial charge in [0.1, 0.15) is 5.75 Å². The maximum Gasteiger partial charge on any atom is 0.308 e. The highest BCUT2D eigenvalue weighted by atomic mass is 16.7. The van der Waals surface area contributed by atoms with Gasteiger partial charge in [0.15, 0.2) is 0 Å². The highest BCUT2D eigenvalue weighted by Gasteiger charge is 2.27. The van der Waals surface area contributed by atoms with E-state index in [4.69, 9.17) is 20.4 Å². The van der Waals surface area contributed by atoms with Gasteiger partial charge >= 0.3 is 5.97 Å². The van der Waals surface area contributed by atoms with Crippen LogP contribution in [0.1, 0.15) is 11.1 Å². The van der Waals surface area contributed by atoms with Crippen LogP contribution < -0.4 is 0 Å². The Labute approximate surface area is 69.3 Å². The topological polar surface area (TPSA) is 80.9 Å². The third kappa shape index (κ3) is 1.55. The normalized spacial score (nSPS) is 11.7. The first-order valence-electron chi connectivity index (χ1n) is 3.39. The van der Waals surface area contributed by atoms with Gasteiger partial charge in [-0.2, -0.15) is 0 Å². The van der Waals surface area contributed by atoms with Crippen LogP contribution in [-0.2, 0) is 5.97 Å². The molecule has 0 unspecified atom stereocenters. The maximum atomic E-state index is 9.15. The number of aliphatic hydroxyl groups is 3. The van der Waals surface area contributed by atoms with Crippen molar-refractivity contribution in [3.05, 3.63) is 29.3 Å². The van der Waals surface area contributed by atoms with Crippen molar-refractivity contribution < 1.29 is 20.4 Å². The third-order valence-electron chi connectivity index (χ3n) is 1.59. The van der Waals surface area contributed by atoms with Gasteiger partial charge in [-0.25, -0.2) is 0 Å². The number of hydrogen-bond acceptors (Lipinski definition) is 4. The second-order valence-corrected chi connectivity index (χ2v) is 2.60. The van der Waals surface area contributed by atoms with E-state index >= 15 is 0 Å². The van der Waals surface area contributed by atoms with E-state index in [1.807, 2.05) is 0 Å². The molecule has 4 heteroatoms. The predicted molar refractivity (Wildman–Crippen MR) is 41.2 cm³/mol. The minimum absolute atomic E-state index is 0.287. The molecule has 0 amide bonds. The highest BCUT2D eigenvalue weighted by Crippen LogP contribution is 2.28. The zero-order valence-corrected chi connectivity index (χ0v) is 6.52. The summed E-state index contributed by atoms with van der Waals surface area (Å²) in [5.41, 5.74) is 0.118. The van der Waals surface area contributed by atoms with E-state index in [2.05, 4.69) is 0 Å². The van der Waals surface area contributed by atoms with Crippen LogP contribution in [-0.4, -0.2) is 20.4 Å². The summed E-state index contributed by atoms with van der Waals surface area (Å²) in [4.78, 5) is 0. The highest BCUT2D eigenvalue weighted by molar-refractivity contribution is 5.40. The molecule has 66 valence electrons. The van der Waals surface area contributed by atoms with Gasteiger partial charge in [-0.3, -0.25) is 0 Å². The largest absolute Gasteiger partial charge is 0.507 e. The molecule has 0 saturated carbocycles. The average Bonchev–Trinajstić information content (AvgIpc) is 1.82. The van der Waals surface area contributed by atoms with Crippen LogP contribution >= 0.6 is 0 Å². The fourth-order valence-corrected chi connectivity index (χ4v) is 1.09. The summed E-state index contributed by atoms with van der Waals surface area (Å²) in [5, 5.41) is 35.6. The van der Waals surface area contributed by atoms with Crippen LogP contribution in [0.15, 0.2) is 18.2 Å². The van der Waals surface area contributed by atoms with Crippen molar-refractivity contribution in [1.29, 1.82) is 0 Å². The molecule has 1 aromatic rings. The standard InChI is InChI=1S/C8H10O4/c1-5-3-2-4-6(9)7(5)8(10,11)12/h2-4,9-12H,1H3. The van der Waals surface area contributed by atoms with Crippen molar-refractivity contribution in [2.75, 3.05) is 0 Å². The molecule has 0 bridgehead atoms. The van der Waals surface area contributed by atoms with Crippen LogP contribution in [0.5, 0.6) is 5.75 Å². The van der Waals surface area contributed by atoms with E-state index in [1.165, 1.54) is 6.07 Å². The first kappa shape index (κ1) is 8.99. The lowest BCUT2D eigenvalue weighted by Crippen LogP contribution is -2.25. The van der Waals surface area contributed by atoms with Crippen molar-refractivity contribution in [3.8, 4) is 5.75 Å². The average molecular weight is 170 g/mol. The summed E-state index contributed by atoms with van der Waals surface area (Å²) < 4.78 is 0. The third-order valence-corrected chi connectivity index (χ3v) is 1.59. The molecule has 0 spiro atoms. The Morgan fingerprint density at radius 2 is 1.75 bits per heavy atom. The molecule has 0 fully saturated rings. The lowest BCUT2D eigenvalue weighted by Gasteiger charge is -2.17. The minimum atomic E-state index is -2.98. The van der Waals surface area contributed by atoms with Gasteiger partial charge in [0.05, 0.1) is 5.56 Å². The Balaban J connectivity index is 3.31. The lowest BCUT2D eigenvalue weighted by molar-refractivity contribution is -0.324. The molecular formula is C8H10O4. The van der Waals surface area contributed by atoms with Crippen LogP contribution in [0.4, 0.5) is 0 Å². The van der Waals surface area contributed by atoms with Crippen molar-refractivity contribution in [2.24, 2.45) is 0 Å². The number of benzene rings is 1. The van der Waals surface area contributed by atoms with Crippen LogP contribution in [0.25, 0.3) is 0 Å². The summed E-state index contributed by atoms with van der Waals surface area (Å²) in [6.07, 6.45) is 0. The predicted octanol–water partition coefficient (Wildman–Crippen LogP) is -0.212. The fourth-order valence-electron chi connectivity index (χ4n) is 1.09. The lowest BCUT2D eigenvalue weighted by atomic mass is 10.1. The van der Waals surface area contributed by atoms with Crippen molar-refractivity contribution in [2.45, 2.75) is 12.9 Å². The molecule has 0 aliphatic heterocycles. The molecule has 4 N–H and O–H groups in total. The van der Waals surface area contributed by atoms with Gasteiger partial charge in [-0.15, -0.1) is 0 Å². The number of phenols is 1. The Morgan fingerprint density at radius 3 is 2.08 bits per heavy atom. The Bertz CT molecular complexity index is 267. The smallest absolute Gasteiger partial charge is 0.308 e. The van der Waals surface area contributed by atoms with E-state index < -0.39 is 5.97 Å². The molecule has 0 aliphatic carbocycles. The molecule has 12 heavy (non-hydrogen) atoms.